The lowest BCUT2D eigenvalue weighted by Gasteiger charge is -2.26. The number of allylic oxidation sites excluding steroid dienone is 5. The Kier molecular flexibility index (Phi) is 7.70. The number of aromatic amines is 1. The largest absolute Gasteiger partial charge is 0.369 e. The van der Waals surface area contributed by atoms with Gasteiger partial charge in [-0.3, -0.25) is 0 Å². The third kappa shape index (κ3) is 5.94. The van der Waals surface area contributed by atoms with E-state index in [1.807, 2.05) is 43.4 Å². The SMILES string of the molecule is C=C(/C=C\C=C/C)Cc1nc(NCCCN2CCCCC2)c2c(n1)[nH]c1cc(-c3nnn(C)n3)ccc12. The Bertz CT molecular complexity index is 1440. The molecule has 9 nitrogen and oxygen atoms in total. The molecule has 1 aromatic carbocycles. The van der Waals surface area contributed by atoms with Crippen molar-refractivity contribution in [3.8, 4) is 11.4 Å². The third-order valence-corrected chi connectivity index (χ3v) is 6.68. The number of hydrogen-bond donors (Lipinski definition) is 2. The highest BCUT2D eigenvalue weighted by Gasteiger charge is 2.16. The number of anilines is 1. The van der Waals surface area contributed by atoms with E-state index in [1.165, 1.54) is 37.1 Å². The second-order valence-electron chi connectivity index (χ2n) is 9.60. The van der Waals surface area contributed by atoms with Crippen LogP contribution in [-0.4, -0.2) is 66.2 Å². The van der Waals surface area contributed by atoms with Crippen LogP contribution in [0.15, 0.2) is 54.7 Å². The van der Waals surface area contributed by atoms with E-state index in [4.69, 9.17) is 9.97 Å². The second-order valence-corrected chi connectivity index (χ2v) is 9.60. The van der Waals surface area contributed by atoms with E-state index in [0.717, 1.165) is 64.2 Å². The molecule has 192 valence electrons. The van der Waals surface area contributed by atoms with Gasteiger partial charge >= 0.3 is 0 Å². The quantitative estimate of drug-likeness (QED) is 0.239. The molecule has 0 radical (unpaired) electrons. The number of rotatable bonds is 10. The maximum atomic E-state index is 4.95. The summed E-state index contributed by atoms with van der Waals surface area (Å²) >= 11 is 0. The maximum Gasteiger partial charge on any atom is 0.204 e. The van der Waals surface area contributed by atoms with Crippen LogP contribution in [0.25, 0.3) is 33.3 Å². The smallest absolute Gasteiger partial charge is 0.204 e. The molecule has 37 heavy (non-hydrogen) atoms. The van der Waals surface area contributed by atoms with Crippen molar-refractivity contribution in [2.45, 2.75) is 39.0 Å². The number of nitrogens with zero attached hydrogens (tertiary/aromatic N) is 7. The first-order valence-corrected chi connectivity index (χ1v) is 13.1. The first kappa shape index (κ1) is 24.8. The molecule has 1 aliphatic rings. The monoisotopic (exact) mass is 497 g/mol. The molecule has 0 saturated carbocycles. The predicted octanol–water partition coefficient (Wildman–Crippen LogP) is 4.82. The fourth-order valence-corrected chi connectivity index (χ4v) is 4.85. The van der Waals surface area contributed by atoms with Gasteiger partial charge in [-0.15, -0.1) is 10.2 Å². The van der Waals surface area contributed by atoms with Crippen LogP contribution in [-0.2, 0) is 13.5 Å². The van der Waals surface area contributed by atoms with E-state index in [-0.39, 0.29) is 0 Å². The zero-order valence-electron chi connectivity index (χ0n) is 21.7. The average molecular weight is 498 g/mol. The number of nitrogens with one attached hydrogen (secondary N) is 2. The van der Waals surface area contributed by atoms with Crippen LogP contribution in [0.2, 0.25) is 0 Å². The van der Waals surface area contributed by atoms with Crippen molar-refractivity contribution in [2.75, 3.05) is 31.5 Å². The maximum absolute atomic E-state index is 4.95. The number of H-pyrrole nitrogens is 1. The number of aryl methyl sites for hydroxylation is 1. The lowest BCUT2D eigenvalue weighted by molar-refractivity contribution is 0.228. The van der Waals surface area contributed by atoms with Gasteiger partial charge in [0.2, 0.25) is 5.82 Å². The fraction of sp³-hybridized carbons (Fsp3) is 0.393. The third-order valence-electron chi connectivity index (χ3n) is 6.68. The highest BCUT2D eigenvalue weighted by molar-refractivity contribution is 6.11. The van der Waals surface area contributed by atoms with Gasteiger partial charge in [-0.05, 0) is 62.7 Å². The van der Waals surface area contributed by atoms with Gasteiger partial charge in [0, 0.05) is 29.4 Å². The Morgan fingerprint density at radius 3 is 2.81 bits per heavy atom. The number of fused-ring (bicyclic) bond motifs is 3. The lowest BCUT2D eigenvalue weighted by atomic mass is 10.1. The van der Waals surface area contributed by atoms with Crippen molar-refractivity contribution in [3.63, 3.8) is 0 Å². The van der Waals surface area contributed by atoms with Crippen LogP contribution < -0.4 is 5.32 Å². The molecule has 2 N–H and O–H groups in total. The molecule has 0 atom stereocenters. The zero-order chi connectivity index (χ0) is 25.6. The van der Waals surface area contributed by atoms with Gasteiger partial charge in [-0.25, -0.2) is 9.97 Å². The number of benzene rings is 1. The summed E-state index contributed by atoms with van der Waals surface area (Å²) in [5.74, 6) is 2.19. The summed E-state index contributed by atoms with van der Waals surface area (Å²) in [5.41, 5.74) is 3.64. The van der Waals surface area contributed by atoms with Crippen LogP contribution in [0.4, 0.5) is 5.82 Å². The minimum atomic E-state index is 0.580. The highest BCUT2D eigenvalue weighted by atomic mass is 15.6. The van der Waals surface area contributed by atoms with Crippen molar-refractivity contribution < 1.29 is 0 Å². The van der Waals surface area contributed by atoms with Gasteiger partial charge in [-0.1, -0.05) is 49.4 Å². The van der Waals surface area contributed by atoms with Crippen LogP contribution in [0, 0.1) is 0 Å². The molecule has 9 heteroatoms. The van der Waals surface area contributed by atoms with Gasteiger partial charge in [0.05, 0.1) is 12.4 Å². The number of aromatic nitrogens is 7. The number of tetrazole rings is 1. The van der Waals surface area contributed by atoms with Crippen LogP contribution >= 0.6 is 0 Å². The summed E-state index contributed by atoms with van der Waals surface area (Å²) in [6, 6.07) is 6.15. The Morgan fingerprint density at radius 2 is 2.03 bits per heavy atom. The van der Waals surface area contributed by atoms with Gasteiger partial charge in [0.1, 0.15) is 17.3 Å². The van der Waals surface area contributed by atoms with Crippen molar-refractivity contribution in [3.05, 3.63) is 60.5 Å². The normalized spacial score (nSPS) is 15.0. The van der Waals surface area contributed by atoms with E-state index in [0.29, 0.717) is 12.2 Å². The summed E-state index contributed by atoms with van der Waals surface area (Å²) in [6.07, 6.45) is 13.6. The van der Waals surface area contributed by atoms with Gasteiger partial charge in [0.25, 0.3) is 0 Å². The number of piperidine rings is 1. The molecule has 0 aliphatic carbocycles. The van der Waals surface area contributed by atoms with Crippen molar-refractivity contribution in [1.82, 2.24) is 40.1 Å². The molecule has 4 aromatic rings. The Hall–Kier alpha value is -3.85. The first-order chi connectivity index (χ1) is 18.1. The van der Waals surface area contributed by atoms with E-state index in [9.17, 15) is 0 Å². The summed E-state index contributed by atoms with van der Waals surface area (Å²) < 4.78 is 0. The van der Waals surface area contributed by atoms with Gasteiger partial charge in [0.15, 0.2) is 0 Å². The topological polar surface area (TPSA) is 100 Å². The summed E-state index contributed by atoms with van der Waals surface area (Å²) in [7, 11) is 1.76. The lowest BCUT2D eigenvalue weighted by Crippen LogP contribution is -2.31. The van der Waals surface area contributed by atoms with E-state index in [1.54, 1.807) is 7.05 Å². The van der Waals surface area contributed by atoms with Crippen molar-refractivity contribution in [1.29, 1.82) is 0 Å². The predicted molar refractivity (Wildman–Crippen MR) is 149 cm³/mol. The first-order valence-electron chi connectivity index (χ1n) is 13.1. The second kappa shape index (κ2) is 11.5. The van der Waals surface area contributed by atoms with Gasteiger partial charge in [-0.2, -0.15) is 4.80 Å². The minimum Gasteiger partial charge on any atom is -0.369 e. The van der Waals surface area contributed by atoms with Crippen LogP contribution in [0.3, 0.4) is 0 Å². The Morgan fingerprint density at radius 1 is 1.16 bits per heavy atom. The number of hydrogen-bond acceptors (Lipinski definition) is 7. The molecule has 0 spiro atoms. The Balaban J connectivity index is 1.44. The minimum absolute atomic E-state index is 0.580. The molecule has 1 saturated heterocycles. The van der Waals surface area contributed by atoms with E-state index in [2.05, 4.69) is 43.3 Å². The van der Waals surface area contributed by atoms with E-state index >= 15 is 0 Å². The molecule has 3 aromatic heterocycles. The molecular weight excluding hydrogens is 462 g/mol. The molecule has 1 fully saturated rings. The van der Waals surface area contributed by atoms with Crippen LogP contribution in [0.1, 0.15) is 38.4 Å². The fourth-order valence-electron chi connectivity index (χ4n) is 4.85. The molecule has 4 heterocycles. The number of likely N-dealkylation sites (tertiary alicyclic amines) is 1. The molecule has 5 rings (SSSR count). The summed E-state index contributed by atoms with van der Waals surface area (Å²) in [4.78, 5) is 17.4. The molecule has 0 amide bonds. The summed E-state index contributed by atoms with van der Waals surface area (Å²) in [5, 5.41) is 18.2. The van der Waals surface area contributed by atoms with E-state index < -0.39 is 0 Å². The van der Waals surface area contributed by atoms with Gasteiger partial charge < -0.3 is 15.2 Å². The Labute approximate surface area is 217 Å². The van der Waals surface area contributed by atoms with Crippen molar-refractivity contribution >= 4 is 27.8 Å². The van der Waals surface area contributed by atoms with Crippen molar-refractivity contribution in [2.24, 2.45) is 7.05 Å². The zero-order valence-corrected chi connectivity index (χ0v) is 21.7. The molecule has 0 bridgehead atoms. The molecule has 0 unspecified atom stereocenters. The standard InChI is InChI=1S/C28H35N9/c1-4-5-7-11-20(2)18-24-31-27(29-14-10-17-37-15-8-6-9-16-37)25-22-13-12-21(26-33-35-36(3)34-26)19-23(22)30-28(25)32-24/h4-5,7,11-13,19H,2,6,8-10,14-18H2,1,3H3,(H2,29,30,31,32)/b5-4-,11-7-. The summed E-state index contributed by atoms with van der Waals surface area (Å²) in [6.45, 7) is 10.6. The average Bonchev–Trinajstić information content (AvgIpc) is 3.50. The molecule has 1 aliphatic heterocycles. The van der Waals surface area contributed by atoms with Crippen LogP contribution in [0.5, 0.6) is 0 Å². The highest BCUT2D eigenvalue weighted by Crippen LogP contribution is 2.32. The molecular formula is C28H35N9.